The summed E-state index contributed by atoms with van der Waals surface area (Å²) in [5.74, 6) is -0.0659. The molecule has 1 aliphatic heterocycles. The van der Waals surface area contributed by atoms with Crippen molar-refractivity contribution in [2.75, 3.05) is 6.54 Å². The minimum absolute atomic E-state index is 0.0374. The van der Waals surface area contributed by atoms with Crippen molar-refractivity contribution in [1.29, 1.82) is 0 Å². The van der Waals surface area contributed by atoms with Gasteiger partial charge in [0.05, 0.1) is 10.9 Å². The number of hydrogen-bond acceptors (Lipinski definition) is 4. The molecule has 0 N–H and O–H groups in total. The van der Waals surface area contributed by atoms with Crippen LogP contribution in [0.2, 0.25) is 0 Å². The first-order chi connectivity index (χ1) is 13.8. The zero-order chi connectivity index (χ0) is 21.0. The second kappa shape index (κ2) is 9.15. The normalized spacial score (nSPS) is 18.5. The Morgan fingerprint density at radius 2 is 1.97 bits per heavy atom. The largest absolute Gasteiger partial charge is 0.433 e. The molecule has 2 aromatic rings. The highest BCUT2D eigenvalue weighted by Crippen LogP contribution is 2.33. The Morgan fingerprint density at radius 3 is 2.62 bits per heavy atom. The van der Waals surface area contributed by atoms with Crippen LogP contribution in [0.15, 0.2) is 41.6 Å². The number of likely N-dealkylation sites (tertiary alicyclic amines) is 1. The number of thioether (sulfide) groups is 1. The van der Waals surface area contributed by atoms with Crippen LogP contribution in [-0.2, 0) is 11.0 Å². The highest BCUT2D eigenvalue weighted by Gasteiger charge is 2.35. The number of rotatable bonds is 5. The maximum atomic E-state index is 13.4. The van der Waals surface area contributed by atoms with Crippen molar-refractivity contribution in [3.63, 3.8) is 0 Å². The summed E-state index contributed by atoms with van der Waals surface area (Å²) in [5.41, 5.74) is -0.235. The minimum Gasteiger partial charge on any atom is -0.339 e. The maximum Gasteiger partial charge on any atom is 0.433 e. The van der Waals surface area contributed by atoms with Crippen molar-refractivity contribution < 1.29 is 18.0 Å². The summed E-state index contributed by atoms with van der Waals surface area (Å²) in [7, 11) is 0. The third-order valence-electron chi connectivity index (χ3n) is 5.08. The van der Waals surface area contributed by atoms with Crippen LogP contribution in [0.5, 0.6) is 0 Å². The van der Waals surface area contributed by atoms with Crippen molar-refractivity contribution in [3.8, 4) is 11.3 Å². The molecule has 8 heteroatoms. The summed E-state index contributed by atoms with van der Waals surface area (Å²) in [6.07, 6.45) is -0.687. The van der Waals surface area contributed by atoms with Gasteiger partial charge in [-0.3, -0.25) is 4.79 Å². The second-order valence-corrected chi connectivity index (χ2v) is 8.44. The van der Waals surface area contributed by atoms with Crippen LogP contribution >= 0.6 is 11.8 Å². The van der Waals surface area contributed by atoms with Gasteiger partial charge in [-0.15, -0.1) is 0 Å². The average Bonchev–Trinajstić information content (AvgIpc) is 2.73. The number of alkyl halides is 3. The summed E-state index contributed by atoms with van der Waals surface area (Å²) < 4.78 is 40.1. The Balaban J connectivity index is 1.86. The van der Waals surface area contributed by atoms with E-state index >= 15 is 0 Å². The number of halogens is 3. The molecule has 29 heavy (non-hydrogen) atoms. The molecule has 0 saturated carbocycles. The van der Waals surface area contributed by atoms with Crippen molar-refractivity contribution in [2.24, 2.45) is 0 Å². The molecule has 1 amide bonds. The topological polar surface area (TPSA) is 46.1 Å². The number of piperidine rings is 1. The Bertz CT molecular complexity index is 845. The van der Waals surface area contributed by atoms with Gasteiger partial charge in [0.25, 0.3) is 0 Å². The van der Waals surface area contributed by atoms with Crippen LogP contribution in [0.3, 0.4) is 0 Å². The maximum absolute atomic E-state index is 13.4. The molecule has 0 spiro atoms. The fourth-order valence-corrected chi connectivity index (χ4v) is 4.39. The first kappa shape index (κ1) is 21.6. The first-order valence-corrected chi connectivity index (χ1v) is 10.7. The lowest BCUT2D eigenvalue weighted by Crippen LogP contribution is -2.46. The Hall–Kier alpha value is -2.09. The van der Waals surface area contributed by atoms with E-state index in [4.69, 9.17) is 0 Å². The third-order valence-corrected chi connectivity index (χ3v) is 6.03. The van der Waals surface area contributed by atoms with E-state index < -0.39 is 17.1 Å². The summed E-state index contributed by atoms with van der Waals surface area (Å²) in [4.78, 5) is 22.8. The molecule has 0 aliphatic carbocycles. The molecule has 156 valence electrons. The van der Waals surface area contributed by atoms with Crippen LogP contribution < -0.4 is 0 Å². The highest BCUT2D eigenvalue weighted by atomic mass is 32.2. The van der Waals surface area contributed by atoms with Crippen LogP contribution in [0, 0.1) is 0 Å². The molecule has 4 nitrogen and oxygen atoms in total. The molecule has 2 atom stereocenters. The number of benzene rings is 1. The van der Waals surface area contributed by atoms with Gasteiger partial charge >= 0.3 is 6.18 Å². The van der Waals surface area contributed by atoms with E-state index in [1.807, 2.05) is 4.90 Å². The third kappa shape index (κ3) is 5.29. The van der Waals surface area contributed by atoms with E-state index in [9.17, 15) is 18.0 Å². The van der Waals surface area contributed by atoms with Gasteiger partial charge in [-0.2, -0.15) is 13.2 Å². The van der Waals surface area contributed by atoms with E-state index in [0.29, 0.717) is 12.1 Å². The predicted octanol–water partition coefficient (Wildman–Crippen LogP) is 5.43. The fourth-order valence-electron chi connectivity index (χ4n) is 3.54. The van der Waals surface area contributed by atoms with E-state index in [0.717, 1.165) is 43.5 Å². The molecular weight excluding hydrogens is 399 g/mol. The lowest BCUT2D eigenvalue weighted by Gasteiger charge is -2.36. The van der Waals surface area contributed by atoms with Gasteiger partial charge in [-0.05, 0) is 38.7 Å². The number of hydrogen-bond donors (Lipinski definition) is 0. The number of amides is 1. The van der Waals surface area contributed by atoms with Crippen LogP contribution in [0.25, 0.3) is 11.3 Å². The number of nitrogens with zero attached hydrogens (tertiary/aromatic N) is 3. The van der Waals surface area contributed by atoms with Gasteiger partial charge in [-0.1, -0.05) is 49.0 Å². The highest BCUT2D eigenvalue weighted by molar-refractivity contribution is 8.00. The number of carbonyl (C=O) groups is 1. The lowest BCUT2D eigenvalue weighted by atomic mass is 10.00. The molecule has 1 fully saturated rings. The molecule has 1 aromatic carbocycles. The molecule has 1 aliphatic rings. The molecule has 1 aromatic heterocycles. The molecule has 0 radical (unpaired) electrons. The van der Waals surface area contributed by atoms with Gasteiger partial charge < -0.3 is 4.90 Å². The van der Waals surface area contributed by atoms with Crippen LogP contribution in [0.1, 0.15) is 45.2 Å². The average molecular weight is 424 g/mol. The Labute approximate surface area is 172 Å². The fraction of sp³-hybridized carbons (Fsp3) is 0.476. The van der Waals surface area contributed by atoms with Gasteiger partial charge in [0, 0.05) is 18.2 Å². The number of aromatic nitrogens is 2. The summed E-state index contributed by atoms with van der Waals surface area (Å²) in [5, 5.41) is -0.598. The van der Waals surface area contributed by atoms with E-state index in [2.05, 4.69) is 16.9 Å². The zero-order valence-electron chi connectivity index (χ0n) is 16.4. The lowest BCUT2D eigenvalue weighted by molar-refractivity contribution is -0.141. The van der Waals surface area contributed by atoms with Gasteiger partial charge in [0.2, 0.25) is 5.91 Å². The quantitative estimate of drug-likeness (QED) is 0.475. The van der Waals surface area contributed by atoms with Crippen LogP contribution in [0.4, 0.5) is 13.2 Å². The van der Waals surface area contributed by atoms with Crippen molar-refractivity contribution in [2.45, 2.75) is 62.2 Å². The van der Waals surface area contributed by atoms with Crippen molar-refractivity contribution >= 4 is 17.7 Å². The smallest absolute Gasteiger partial charge is 0.339 e. The predicted molar refractivity (Wildman–Crippen MR) is 107 cm³/mol. The summed E-state index contributed by atoms with van der Waals surface area (Å²) in [6.45, 7) is 4.46. The minimum atomic E-state index is -4.59. The zero-order valence-corrected chi connectivity index (χ0v) is 17.3. The molecular formula is C21H24F3N3OS. The van der Waals surface area contributed by atoms with E-state index in [1.165, 1.54) is 0 Å². The SMILES string of the molecule is CC[C@@H]1CCCCN1C(=O)[C@H](C)Sc1nc(-c2ccccc2)cc(C(F)(F)F)n1. The second-order valence-electron chi connectivity index (χ2n) is 7.13. The monoisotopic (exact) mass is 423 g/mol. The number of carbonyl (C=O) groups excluding carboxylic acids is 1. The molecule has 0 unspecified atom stereocenters. The van der Waals surface area contributed by atoms with Crippen LogP contribution in [-0.4, -0.2) is 38.6 Å². The molecule has 2 heterocycles. The van der Waals surface area contributed by atoms with Crippen molar-refractivity contribution in [3.05, 3.63) is 42.1 Å². The van der Waals surface area contributed by atoms with E-state index in [1.54, 1.807) is 37.3 Å². The van der Waals surface area contributed by atoms with E-state index in [-0.39, 0.29) is 22.8 Å². The Morgan fingerprint density at radius 1 is 1.24 bits per heavy atom. The summed E-state index contributed by atoms with van der Waals surface area (Å²) in [6, 6.07) is 9.81. The van der Waals surface area contributed by atoms with Crippen molar-refractivity contribution in [1.82, 2.24) is 14.9 Å². The molecule has 3 rings (SSSR count). The first-order valence-electron chi connectivity index (χ1n) is 9.78. The molecule has 1 saturated heterocycles. The summed E-state index contributed by atoms with van der Waals surface area (Å²) >= 11 is 0.984. The van der Waals surface area contributed by atoms with Gasteiger partial charge in [-0.25, -0.2) is 9.97 Å². The molecule has 0 bridgehead atoms. The standard InChI is InChI=1S/C21H24F3N3OS/c1-3-16-11-7-8-12-27(16)19(28)14(2)29-20-25-17(15-9-5-4-6-10-15)13-18(26-20)21(22,23)24/h4-6,9-10,13-14,16H,3,7-8,11-12H2,1-2H3/t14-,16+/m0/s1. The van der Waals surface area contributed by atoms with Gasteiger partial charge in [0.1, 0.15) is 5.69 Å². The van der Waals surface area contributed by atoms with Gasteiger partial charge in [0.15, 0.2) is 5.16 Å². The Kier molecular flexibility index (Phi) is 6.82.